The maximum absolute atomic E-state index is 13.6. The highest BCUT2D eigenvalue weighted by Gasteiger charge is 2.32. The Hall–Kier alpha value is -0.750. The second-order valence-corrected chi connectivity index (χ2v) is 11.9. The molecule has 1 aromatic rings. The minimum absolute atomic E-state index is 0.0913. The van der Waals surface area contributed by atoms with Gasteiger partial charge in [-0.25, -0.2) is 0 Å². The number of unbranched alkanes of at least 4 members (excludes halogenated alkanes) is 1. The zero-order valence-electron chi connectivity index (χ0n) is 20.1. The quantitative estimate of drug-likeness (QED) is 0.224. The van der Waals surface area contributed by atoms with Crippen LogP contribution in [0.25, 0.3) is 0 Å². The third-order valence-electron chi connectivity index (χ3n) is 5.94. The maximum atomic E-state index is 13.6. The molecular weight excluding hydrogens is 791 g/mol. The third-order valence-corrected chi connectivity index (χ3v) is 9.18. The van der Waals surface area contributed by atoms with Crippen molar-refractivity contribution in [1.29, 1.82) is 0 Å². The van der Waals surface area contributed by atoms with E-state index in [9.17, 15) is 19.2 Å². The van der Waals surface area contributed by atoms with Gasteiger partial charge in [-0.1, -0.05) is 6.92 Å². The Morgan fingerprint density at radius 1 is 1.00 bits per heavy atom. The normalized spacial score (nSPS) is 14.9. The molecule has 5 N–H and O–H groups in total. The number of hydrogen-bond donors (Lipinski definition) is 4. The predicted octanol–water partition coefficient (Wildman–Crippen LogP) is 3.30. The molecule has 0 aromatic heterocycles. The van der Waals surface area contributed by atoms with Crippen molar-refractivity contribution in [3.05, 3.63) is 21.8 Å². The molecule has 1 aromatic carbocycles. The first-order valence-electron chi connectivity index (χ1n) is 11.5. The average Bonchev–Trinajstić information content (AvgIpc) is 2.81. The number of nitrogens with two attached hydrogens (primary N) is 1. The third kappa shape index (κ3) is 7.87. The van der Waals surface area contributed by atoms with E-state index in [4.69, 9.17) is 5.73 Å². The number of carbonyl (C=O) groups is 4. The van der Waals surface area contributed by atoms with Crippen LogP contribution in [0.3, 0.4) is 0 Å². The van der Waals surface area contributed by atoms with E-state index in [0.717, 1.165) is 19.3 Å². The van der Waals surface area contributed by atoms with Crippen LogP contribution >= 0.6 is 67.8 Å². The fourth-order valence-corrected chi connectivity index (χ4v) is 8.32. The number of piperidine rings is 1. The minimum atomic E-state index is -0.694. The van der Waals surface area contributed by atoms with E-state index in [0.29, 0.717) is 60.4 Å². The summed E-state index contributed by atoms with van der Waals surface area (Å²) in [7, 11) is 1.51. The van der Waals surface area contributed by atoms with Crippen LogP contribution in [0.2, 0.25) is 0 Å². The number of nitrogens with zero attached hydrogens (tertiary/aromatic N) is 1. The van der Waals surface area contributed by atoms with Crippen LogP contribution < -0.4 is 21.7 Å². The second-order valence-electron chi connectivity index (χ2n) is 8.65. The zero-order valence-corrected chi connectivity index (χ0v) is 26.6. The van der Waals surface area contributed by atoms with E-state index in [1.54, 1.807) is 0 Å². The highest BCUT2D eigenvalue weighted by atomic mass is 127. The Morgan fingerprint density at radius 2 is 1.57 bits per heavy atom. The zero-order chi connectivity index (χ0) is 26.3. The second kappa shape index (κ2) is 14.3. The summed E-state index contributed by atoms with van der Waals surface area (Å²) in [6.45, 7) is 5.41. The largest absolute Gasteiger partial charge is 0.355 e. The summed E-state index contributed by atoms with van der Waals surface area (Å²) in [6.07, 6.45) is 3.82. The number of rotatable bonds is 9. The lowest BCUT2D eigenvalue weighted by Gasteiger charge is -2.33. The molecule has 194 valence electrons. The predicted molar refractivity (Wildman–Crippen MR) is 161 cm³/mol. The Kier molecular flexibility index (Phi) is 12.4. The first-order chi connectivity index (χ1) is 16.5. The number of nitrogens with one attached hydrogen (secondary N) is 3. The van der Waals surface area contributed by atoms with Crippen LogP contribution in [-0.2, 0) is 9.59 Å². The van der Waals surface area contributed by atoms with Gasteiger partial charge in [-0.2, -0.15) is 0 Å². The molecule has 0 saturated carbocycles. The van der Waals surface area contributed by atoms with E-state index in [-0.39, 0.29) is 23.3 Å². The summed E-state index contributed by atoms with van der Waals surface area (Å²) in [5.41, 5.74) is 6.62. The van der Waals surface area contributed by atoms with Gasteiger partial charge in [0, 0.05) is 30.6 Å². The van der Waals surface area contributed by atoms with Gasteiger partial charge in [0.25, 0.3) is 11.8 Å². The van der Waals surface area contributed by atoms with Crippen molar-refractivity contribution in [1.82, 2.24) is 15.5 Å². The summed E-state index contributed by atoms with van der Waals surface area (Å²) in [5.74, 6) is -0.649. The molecule has 12 heteroatoms. The van der Waals surface area contributed by atoms with Gasteiger partial charge in [-0.3, -0.25) is 19.2 Å². The molecule has 0 radical (unpaired) electrons. The van der Waals surface area contributed by atoms with E-state index >= 15 is 0 Å². The maximum Gasteiger partial charge on any atom is 0.254 e. The Bertz CT molecular complexity index is 981. The van der Waals surface area contributed by atoms with E-state index < -0.39 is 11.9 Å². The molecule has 1 aliphatic rings. The van der Waals surface area contributed by atoms with Gasteiger partial charge in [-0.15, -0.1) is 0 Å². The van der Waals surface area contributed by atoms with E-state index in [1.165, 1.54) is 14.0 Å². The van der Waals surface area contributed by atoms with Gasteiger partial charge in [-0.05, 0) is 112 Å². The first-order valence-corrected chi connectivity index (χ1v) is 14.8. The van der Waals surface area contributed by atoms with Gasteiger partial charge in [0.1, 0.15) is 6.04 Å². The van der Waals surface area contributed by atoms with Crippen molar-refractivity contribution >= 4 is 97.1 Å². The molecule has 1 heterocycles. The van der Waals surface area contributed by atoms with Crippen LogP contribution in [0.15, 0.2) is 0 Å². The molecule has 2 rings (SSSR count). The van der Waals surface area contributed by atoms with Crippen LogP contribution in [0.5, 0.6) is 0 Å². The monoisotopic (exact) mass is 823 g/mol. The SMILES string of the molecule is CNC(=O)c1c(I)c(NC(C)=O)c(I)c(C(=O)NC(CCCCN)C(=O)N2CCC(C)CC2)c1I. The van der Waals surface area contributed by atoms with Crippen LogP contribution in [0.1, 0.15) is 66.7 Å². The molecule has 4 amide bonds. The van der Waals surface area contributed by atoms with Crippen molar-refractivity contribution in [2.45, 2.75) is 52.0 Å². The van der Waals surface area contributed by atoms with Crippen molar-refractivity contribution in [3.8, 4) is 0 Å². The highest BCUT2D eigenvalue weighted by Crippen LogP contribution is 2.36. The molecule has 0 bridgehead atoms. The van der Waals surface area contributed by atoms with Crippen LogP contribution in [0, 0.1) is 16.6 Å². The van der Waals surface area contributed by atoms with Gasteiger partial charge < -0.3 is 26.6 Å². The Labute approximate surface area is 247 Å². The van der Waals surface area contributed by atoms with E-state index in [1.807, 2.05) is 72.7 Å². The smallest absolute Gasteiger partial charge is 0.254 e. The summed E-state index contributed by atoms with van der Waals surface area (Å²) in [6, 6.07) is -0.694. The highest BCUT2D eigenvalue weighted by molar-refractivity contribution is 14.1. The van der Waals surface area contributed by atoms with E-state index in [2.05, 4.69) is 22.9 Å². The molecule has 1 fully saturated rings. The summed E-state index contributed by atoms with van der Waals surface area (Å²) in [4.78, 5) is 53.4. The Morgan fingerprint density at radius 3 is 2.09 bits per heavy atom. The molecule has 35 heavy (non-hydrogen) atoms. The van der Waals surface area contributed by atoms with Gasteiger partial charge in [0.15, 0.2) is 0 Å². The lowest BCUT2D eigenvalue weighted by molar-refractivity contribution is -0.134. The number of carbonyl (C=O) groups excluding carboxylic acids is 4. The fraction of sp³-hybridized carbons (Fsp3) is 0.565. The van der Waals surface area contributed by atoms with Crippen molar-refractivity contribution in [2.24, 2.45) is 11.7 Å². The molecule has 1 unspecified atom stereocenters. The van der Waals surface area contributed by atoms with Crippen molar-refractivity contribution < 1.29 is 19.2 Å². The molecule has 0 spiro atoms. The number of benzene rings is 1. The van der Waals surface area contributed by atoms with Gasteiger partial charge in [0.2, 0.25) is 11.8 Å². The number of halogens is 3. The molecule has 0 aliphatic carbocycles. The number of amides is 4. The number of hydrogen-bond acceptors (Lipinski definition) is 5. The van der Waals surface area contributed by atoms with Crippen LogP contribution in [-0.4, -0.2) is 61.3 Å². The van der Waals surface area contributed by atoms with Gasteiger partial charge >= 0.3 is 0 Å². The standard InChI is InChI=1S/C23H32I3N5O4/c1-12-7-10-31(11-8-12)23(35)14(6-4-5-9-27)30-22(34)16-17(24)15(21(33)28-3)18(25)20(19(16)26)29-13(2)32/h12,14H,4-11,27H2,1-3H3,(H,28,33)(H,29,32)(H,30,34). The summed E-state index contributed by atoms with van der Waals surface area (Å²) < 4.78 is 1.51. The lowest BCUT2D eigenvalue weighted by atomic mass is 9.98. The molecule has 1 atom stereocenters. The molecule has 1 aliphatic heterocycles. The topological polar surface area (TPSA) is 134 Å². The lowest BCUT2D eigenvalue weighted by Crippen LogP contribution is -2.51. The molecular formula is C23H32I3N5O4. The van der Waals surface area contributed by atoms with Crippen molar-refractivity contribution in [2.75, 3.05) is 32.0 Å². The fourth-order valence-electron chi connectivity index (χ4n) is 3.90. The minimum Gasteiger partial charge on any atom is -0.355 e. The first kappa shape index (κ1) is 30.5. The summed E-state index contributed by atoms with van der Waals surface area (Å²) in [5, 5.41) is 8.29. The van der Waals surface area contributed by atoms with Gasteiger partial charge in [0.05, 0.1) is 24.0 Å². The number of likely N-dealkylation sites (tertiary alicyclic amines) is 1. The Balaban J connectivity index is 2.46. The molecule has 1 saturated heterocycles. The average molecular weight is 823 g/mol. The van der Waals surface area contributed by atoms with Crippen LogP contribution in [0.4, 0.5) is 5.69 Å². The molecule has 9 nitrogen and oxygen atoms in total. The van der Waals surface area contributed by atoms with Crippen molar-refractivity contribution in [3.63, 3.8) is 0 Å². The summed E-state index contributed by atoms with van der Waals surface area (Å²) >= 11 is 6.00. The number of anilines is 1.